The second-order valence-corrected chi connectivity index (χ2v) is 27.1. The lowest BCUT2D eigenvalue weighted by atomic mass is 9.91. The van der Waals surface area contributed by atoms with Crippen LogP contribution in [0.15, 0.2) is 243 Å². The average Bonchev–Trinajstić information content (AvgIpc) is 1.34. The molecule has 0 aliphatic carbocycles. The summed E-state index contributed by atoms with van der Waals surface area (Å²) in [4.78, 5) is 13.4. The van der Waals surface area contributed by atoms with Crippen molar-refractivity contribution in [2.24, 2.45) is 0 Å². The molecule has 0 spiro atoms. The maximum absolute atomic E-state index is 13.4. The summed E-state index contributed by atoms with van der Waals surface area (Å²) in [6.07, 6.45) is -6.02. The summed E-state index contributed by atoms with van der Waals surface area (Å²) < 4.78 is 63.6. The number of carbonyl (C=O) groups is 1. The molecule has 2 fully saturated rings. The first-order valence-corrected chi connectivity index (χ1v) is 32.9. The number of carbonyl (C=O) groups excluding carboxylic acids is 1. The van der Waals surface area contributed by atoms with Crippen LogP contribution in [0.4, 0.5) is 0 Å². The van der Waals surface area contributed by atoms with Gasteiger partial charge in [-0.3, -0.25) is 0 Å². The Hall–Kier alpha value is -7.39. The molecule has 8 aromatic rings. The Balaban J connectivity index is 0.000000207. The van der Waals surface area contributed by atoms with Gasteiger partial charge in [0.25, 0.3) is 5.79 Å². The van der Waals surface area contributed by atoms with Crippen molar-refractivity contribution in [1.29, 1.82) is 0 Å². The van der Waals surface area contributed by atoms with E-state index >= 15 is 0 Å². The van der Waals surface area contributed by atoms with E-state index in [9.17, 15) is 9.90 Å². The number of aliphatic hydroxyl groups is 1. The molecule has 0 saturated carbocycles. The van der Waals surface area contributed by atoms with Crippen LogP contribution in [0.1, 0.15) is 44.5 Å². The van der Waals surface area contributed by atoms with Crippen molar-refractivity contribution in [2.45, 2.75) is 127 Å². The molecular weight excluding hydrogens is 1100 g/mol. The Morgan fingerprint density at radius 1 is 0.384 bits per heavy atom. The Morgan fingerprint density at radius 3 is 1.03 bits per heavy atom. The third kappa shape index (κ3) is 19.8. The second-order valence-electron chi connectivity index (χ2n) is 22.3. The van der Waals surface area contributed by atoms with Crippen LogP contribution in [0.25, 0.3) is 0 Å². The van der Waals surface area contributed by atoms with Crippen LogP contribution in [-0.2, 0) is 105 Å². The Kier molecular flexibility index (Phi) is 24.2. The maximum atomic E-state index is 13.4. The fourth-order valence-corrected chi connectivity index (χ4v) is 10.4. The molecule has 2 saturated heterocycles. The third-order valence-corrected chi connectivity index (χ3v) is 15.2. The normalized spacial score (nSPS) is 21.9. The van der Waals surface area contributed by atoms with E-state index in [0.717, 1.165) is 44.5 Å². The fourth-order valence-electron chi connectivity index (χ4n) is 9.87. The lowest BCUT2D eigenvalue weighted by molar-refractivity contribution is -0.347. The highest BCUT2D eigenvalue weighted by Crippen LogP contribution is 2.36. The lowest BCUT2D eigenvalue weighted by Crippen LogP contribution is -2.66. The second kappa shape index (κ2) is 32.9. The monoisotopic (exact) mass is 1170 g/mol. The zero-order valence-corrected chi connectivity index (χ0v) is 50.2. The van der Waals surface area contributed by atoms with E-state index < -0.39 is 68.7 Å². The molecule has 0 radical (unpaired) electrons. The van der Waals surface area contributed by atoms with Crippen molar-refractivity contribution in [3.8, 4) is 11.5 Å². The van der Waals surface area contributed by atoms with E-state index in [1.807, 2.05) is 243 Å². The molecule has 2 heterocycles. The van der Waals surface area contributed by atoms with E-state index in [0.29, 0.717) is 33.0 Å². The largest absolute Gasteiger partial charge is 0.455 e. The summed E-state index contributed by atoms with van der Waals surface area (Å²) in [6, 6.07) is 79.1. The molecule has 10 rings (SSSR count). The van der Waals surface area contributed by atoms with Crippen molar-refractivity contribution in [1.82, 2.24) is 0 Å². The summed E-state index contributed by atoms with van der Waals surface area (Å²) in [5.74, 6) is 0.661. The number of hydrogen-bond acceptors (Lipinski definition) is 12. The number of ether oxygens (including phenoxy) is 10. The molecule has 9 atom stereocenters. The number of rotatable bonds is 26. The first kappa shape index (κ1) is 63.1. The van der Waals surface area contributed by atoms with Gasteiger partial charge in [-0.05, 0) is 50.4 Å². The molecule has 0 aromatic heterocycles. The van der Waals surface area contributed by atoms with Gasteiger partial charge in [0.2, 0.25) is 0 Å². The third-order valence-electron chi connectivity index (χ3n) is 14.3. The highest BCUT2D eigenvalue weighted by molar-refractivity contribution is 6.83. The molecule has 2 aliphatic heterocycles. The number of hydrogen-bond donors (Lipinski definition) is 1. The average molecular weight is 1180 g/mol. The molecule has 86 heavy (non-hydrogen) atoms. The van der Waals surface area contributed by atoms with E-state index in [4.69, 9.17) is 47.4 Å². The molecule has 0 amide bonds. The standard InChI is InChI=1S/C39H44O6Si.C34H34O6/c1-46(2,3)25-24-39(40)38(44-29-34-22-14-7-15-23-34)37(43-28-33-20-12-6-13-21-33)36(42-27-32-18-10-5-11-19-32)35(45-39)30-41-26-31-16-8-4-9-17-31;35-34-33(39-24-29-19-11-4-12-20-29)32(38-23-28-17-9-3-10-18-28)31(37-22-27-15-7-2-8-16-27)30(40-34)25-36-21-26-13-5-1-6-14-26/h4-23,35-38,40H,26-30H2,1-3H3;1-20,30-33H,21-25H2/t35-,36-,37+,38-,39?;30-,31-,32+,33-/m11/s1. The highest BCUT2D eigenvalue weighted by atomic mass is 28.3. The predicted molar refractivity (Wildman–Crippen MR) is 333 cm³/mol. The van der Waals surface area contributed by atoms with Gasteiger partial charge in [-0.2, -0.15) is 0 Å². The minimum atomic E-state index is -1.97. The van der Waals surface area contributed by atoms with Gasteiger partial charge in [0.05, 0.1) is 66.1 Å². The van der Waals surface area contributed by atoms with Crippen LogP contribution in [0.5, 0.6) is 0 Å². The predicted octanol–water partition coefficient (Wildman–Crippen LogP) is 12.8. The van der Waals surface area contributed by atoms with Crippen LogP contribution >= 0.6 is 0 Å². The van der Waals surface area contributed by atoms with Gasteiger partial charge in [0, 0.05) is 0 Å². The maximum Gasteiger partial charge on any atom is 0.338 e. The molecule has 13 heteroatoms. The Labute approximate surface area is 507 Å². The van der Waals surface area contributed by atoms with Crippen molar-refractivity contribution in [3.63, 3.8) is 0 Å². The summed E-state index contributed by atoms with van der Waals surface area (Å²) >= 11 is 0. The number of benzene rings is 8. The van der Waals surface area contributed by atoms with Crippen LogP contribution in [0.3, 0.4) is 0 Å². The quantitative estimate of drug-likeness (QED) is 0.0315. The molecule has 446 valence electrons. The van der Waals surface area contributed by atoms with E-state index in [1.165, 1.54) is 0 Å². The van der Waals surface area contributed by atoms with Crippen molar-refractivity contribution in [3.05, 3.63) is 287 Å². The number of esters is 1. The molecular formula is C73H78O12Si. The number of cyclic esters (lactones) is 1. The van der Waals surface area contributed by atoms with Crippen molar-refractivity contribution < 1.29 is 57.3 Å². The molecule has 12 nitrogen and oxygen atoms in total. The molecule has 2 aliphatic rings. The van der Waals surface area contributed by atoms with Crippen LogP contribution in [0, 0.1) is 11.5 Å². The van der Waals surface area contributed by atoms with E-state index in [2.05, 4.69) is 31.1 Å². The molecule has 1 N–H and O–H groups in total. The SMILES string of the molecule is C[Si](C)(C)C#CC1(O)O[C@H](COCc2ccccc2)[C@@H](OCc2ccccc2)[C@H](OCc2ccccc2)[C@H]1OCc1ccccc1.O=C1O[C@H](COCc2ccccc2)[C@@H](OCc2ccccc2)[C@H](OCc2ccccc2)[C@H]1OCc1ccccc1. The summed E-state index contributed by atoms with van der Waals surface area (Å²) in [5.41, 5.74) is 11.3. The van der Waals surface area contributed by atoms with Crippen LogP contribution in [0.2, 0.25) is 19.6 Å². The van der Waals surface area contributed by atoms with Gasteiger partial charge in [-0.1, -0.05) is 262 Å². The molecule has 8 aromatic carbocycles. The van der Waals surface area contributed by atoms with E-state index in [-0.39, 0.29) is 33.0 Å². The lowest BCUT2D eigenvalue weighted by Gasteiger charge is -2.48. The van der Waals surface area contributed by atoms with Crippen molar-refractivity contribution in [2.75, 3.05) is 13.2 Å². The first-order chi connectivity index (χ1) is 42.0. The zero-order chi connectivity index (χ0) is 59.7. The van der Waals surface area contributed by atoms with Gasteiger partial charge in [-0.25, -0.2) is 4.79 Å². The summed E-state index contributed by atoms with van der Waals surface area (Å²) in [7, 11) is -1.93. The molecule has 1 unspecified atom stereocenters. The van der Waals surface area contributed by atoms with Gasteiger partial charge in [0.15, 0.2) is 18.3 Å². The van der Waals surface area contributed by atoms with Gasteiger partial charge >= 0.3 is 5.97 Å². The van der Waals surface area contributed by atoms with Crippen LogP contribution in [-0.4, -0.2) is 87.0 Å². The Morgan fingerprint density at radius 2 is 0.674 bits per heavy atom. The zero-order valence-electron chi connectivity index (χ0n) is 49.2. The first-order valence-electron chi connectivity index (χ1n) is 29.4. The smallest absolute Gasteiger partial charge is 0.338 e. The minimum Gasteiger partial charge on any atom is -0.455 e. The van der Waals surface area contributed by atoms with E-state index in [1.54, 1.807) is 0 Å². The fraction of sp³-hybridized carbons (Fsp3) is 0.301. The van der Waals surface area contributed by atoms with Crippen LogP contribution < -0.4 is 0 Å². The minimum absolute atomic E-state index is 0.155. The molecule has 0 bridgehead atoms. The highest BCUT2D eigenvalue weighted by Gasteiger charge is 2.56. The van der Waals surface area contributed by atoms with Gasteiger partial charge in [-0.15, -0.1) is 5.54 Å². The van der Waals surface area contributed by atoms with Gasteiger partial charge in [0.1, 0.15) is 38.6 Å². The topological polar surface area (TPSA) is 130 Å². The summed E-state index contributed by atoms with van der Waals surface area (Å²) in [6.45, 7) is 9.18. The Bertz CT molecular complexity index is 3240. The van der Waals surface area contributed by atoms with Gasteiger partial charge < -0.3 is 52.5 Å². The van der Waals surface area contributed by atoms with Crippen molar-refractivity contribution >= 4 is 14.0 Å². The summed E-state index contributed by atoms with van der Waals surface area (Å²) in [5, 5.41) is 12.3.